The van der Waals surface area contributed by atoms with E-state index in [0.29, 0.717) is 5.75 Å². The van der Waals surface area contributed by atoms with E-state index in [4.69, 9.17) is 4.74 Å². The summed E-state index contributed by atoms with van der Waals surface area (Å²) in [6, 6.07) is 9.67. The van der Waals surface area contributed by atoms with Crippen LogP contribution in [-0.4, -0.2) is 35.7 Å². The molecule has 1 aliphatic carbocycles. The Bertz CT molecular complexity index is 1450. The average Bonchev–Trinajstić information content (AvgIpc) is 3.69. The first-order valence-electron chi connectivity index (χ1n) is 12.4. The molecule has 2 aromatic carbocycles. The summed E-state index contributed by atoms with van der Waals surface area (Å²) in [7, 11) is 0. The molecule has 12 heteroatoms. The molecule has 1 aliphatic heterocycles. The van der Waals surface area contributed by atoms with Crippen molar-refractivity contribution < 1.29 is 40.7 Å². The van der Waals surface area contributed by atoms with Gasteiger partial charge in [0.1, 0.15) is 28.9 Å². The van der Waals surface area contributed by atoms with Gasteiger partial charge in [-0.25, -0.2) is 18.2 Å². The number of ether oxygens (including phenoxy) is 1. The van der Waals surface area contributed by atoms with Gasteiger partial charge in [-0.3, -0.25) is 9.59 Å². The van der Waals surface area contributed by atoms with E-state index in [0.717, 1.165) is 35.9 Å². The van der Waals surface area contributed by atoms with Crippen LogP contribution in [0.2, 0.25) is 0 Å². The fraction of sp³-hybridized carbons (Fsp3) is 0.321. The number of halogens is 6. The Hall–Kier alpha value is -4.09. The van der Waals surface area contributed by atoms with Crippen LogP contribution in [0.1, 0.15) is 29.5 Å². The number of pyridine rings is 1. The molecule has 0 unspecified atom stereocenters. The van der Waals surface area contributed by atoms with Gasteiger partial charge in [0, 0.05) is 42.8 Å². The van der Waals surface area contributed by atoms with E-state index >= 15 is 0 Å². The lowest BCUT2D eigenvalue weighted by Crippen LogP contribution is -2.56. The molecule has 1 N–H and O–H groups in total. The highest BCUT2D eigenvalue weighted by Crippen LogP contribution is 2.37. The van der Waals surface area contributed by atoms with E-state index in [1.807, 2.05) is 0 Å². The number of ketones is 1. The van der Waals surface area contributed by atoms with E-state index in [1.54, 1.807) is 0 Å². The van der Waals surface area contributed by atoms with E-state index in [1.165, 1.54) is 36.5 Å². The Morgan fingerprint density at radius 3 is 2.38 bits per heavy atom. The maximum Gasteiger partial charge on any atom is 0.416 e. The molecular formula is C28H23F6N3O3. The number of amides is 1. The van der Waals surface area contributed by atoms with E-state index in [-0.39, 0.29) is 40.2 Å². The quantitative estimate of drug-likeness (QED) is 0.315. The molecule has 6 nitrogen and oxygen atoms in total. The second-order valence-electron chi connectivity index (χ2n) is 9.99. The van der Waals surface area contributed by atoms with Gasteiger partial charge in [0.2, 0.25) is 5.91 Å². The van der Waals surface area contributed by atoms with Gasteiger partial charge in [-0.15, -0.1) is 0 Å². The van der Waals surface area contributed by atoms with Gasteiger partial charge >= 0.3 is 6.18 Å². The predicted octanol–water partition coefficient (Wildman–Crippen LogP) is 6.19. The molecule has 0 radical (unpaired) electrons. The number of rotatable bonds is 9. The van der Waals surface area contributed by atoms with Crippen LogP contribution in [0.5, 0.6) is 11.5 Å². The molecule has 3 aromatic rings. The van der Waals surface area contributed by atoms with Crippen LogP contribution in [0.25, 0.3) is 0 Å². The summed E-state index contributed by atoms with van der Waals surface area (Å²) >= 11 is 0. The fourth-order valence-corrected chi connectivity index (χ4v) is 4.31. The highest BCUT2D eigenvalue weighted by molar-refractivity contribution is 5.93. The molecular weight excluding hydrogens is 540 g/mol. The van der Waals surface area contributed by atoms with Gasteiger partial charge in [-0.05, 0) is 54.3 Å². The van der Waals surface area contributed by atoms with Crippen LogP contribution in [0.15, 0.2) is 54.7 Å². The first-order valence-corrected chi connectivity index (χ1v) is 12.4. The van der Waals surface area contributed by atoms with Crippen LogP contribution in [0, 0.1) is 11.7 Å². The number of Topliss-reactive ketones (excluding diaryl/α,β-unsaturated/α-hetero) is 1. The molecule has 1 amide bonds. The average molecular weight is 563 g/mol. The summed E-state index contributed by atoms with van der Waals surface area (Å²) in [4.78, 5) is 29.8. The number of alkyl halides is 5. The van der Waals surface area contributed by atoms with Crippen LogP contribution < -0.4 is 15.0 Å². The SMILES string of the molecule is O=C(Cc1cc(N2CC(F)(F)C2)cc(C(F)(F)F)c1)Cc1ccc(Oc2ccnc(NC(=O)C3CC3)c2)cc1F. The lowest BCUT2D eigenvalue weighted by atomic mass is 9.98. The van der Waals surface area contributed by atoms with Gasteiger partial charge in [-0.2, -0.15) is 13.2 Å². The number of benzene rings is 2. The molecule has 0 spiro atoms. The number of hydrogen-bond donors (Lipinski definition) is 1. The summed E-state index contributed by atoms with van der Waals surface area (Å²) in [6.07, 6.45) is -2.48. The Morgan fingerprint density at radius 1 is 1.00 bits per heavy atom. The highest BCUT2D eigenvalue weighted by atomic mass is 19.4. The molecule has 1 aromatic heterocycles. The Balaban J connectivity index is 1.24. The van der Waals surface area contributed by atoms with Crippen LogP contribution in [0.4, 0.5) is 37.8 Å². The van der Waals surface area contributed by atoms with Crippen molar-refractivity contribution in [3.8, 4) is 11.5 Å². The Kier molecular flexibility index (Phi) is 7.19. The second-order valence-corrected chi connectivity index (χ2v) is 9.99. The van der Waals surface area contributed by atoms with Crippen molar-refractivity contribution >= 4 is 23.2 Å². The standard InChI is InChI=1S/C28H23F6N3O3/c29-24-12-22(40-23-5-6-35-25(13-23)36-26(39)17-1-2-17)4-3-18(24)10-21(38)9-16-7-19(28(32,33)34)11-20(8-16)37-14-27(30,31)15-37/h3-8,11-13,17H,1-2,9-10,14-15H2,(H,35,36,39). The van der Waals surface area contributed by atoms with Gasteiger partial charge in [0.05, 0.1) is 18.7 Å². The first kappa shape index (κ1) is 27.5. The number of carbonyl (C=O) groups excluding carboxylic acids is 2. The lowest BCUT2D eigenvalue weighted by molar-refractivity contribution is -0.137. The van der Waals surface area contributed by atoms with Crippen molar-refractivity contribution in [2.45, 2.75) is 37.8 Å². The monoisotopic (exact) mass is 563 g/mol. The molecule has 2 heterocycles. The van der Waals surface area contributed by atoms with E-state index in [9.17, 15) is 35.9 Å². The number of carbonyl (C=O) groups is 2. The third-order valence-corrected chi connectivity index (χ3v) is 6.49. The third kappa shape index (κ3) is 6.72. The minimum absolute atomic E-state index is 0.00679. The molecule has 40 heavy (non-hydrogen) atoms. The van der Waals surface area contributed by atoms with Crippen molar-refractivity contribution in [1.29, 1.82) is 0 Å². The second kappa shape index (κ2) is 10.5. The first-order chi connectivity index (χ1) is 18.8. The van der Waals surface area contributed by atoms with E-state index < -0.39 is 55.2 Å². The largest absolute Gasteiger partial charge is 0.457 e. The summed E-state index contributed by atoms with van der Waals surface area (Å²) in [5.41, 5.74) is -1.10. The lowest BCUT2D eigenvalue weighted by Gasteiger charge is -2.40. The summed E-state index contributed by atoms with van der Waals surface area (Å²) in [6.45, 7) is -1.42. The van der Waals surface area contributed by atoms with Crippen molar-refractivity contribution in [2.24, 2.45) is 5.92 Å². The summed E-state index contributed by atoms with van der Waals surface area (Å²) in [5.74, 6) is -3.74. The number of nitrogens with one attached hydrogen (secondary N) is 1. The molecule has 210 valence electrons. The molecule has 2 aliphatic rings. The van der Waals surface area contributed by atoms with Gasteiger partial charge in [-0.1, -0.05) is 6.07 Å². The minimum atomic E-state index is -4.73. The normalized spacial score (nSPS) is 16.3. The maximum atomic E-state index is 14.8. The Labute approximate surface area is 225 Å². The zero-order valence-electron chi connectivity index (χ0n) is 20.9. The number of anilines is 2. The van der Waals surface area contributed by atoms with Crippen LogP contribution in [-0.2, 0) is 28.6 Å². The molecule has 1 saturated carbocycles. The highest BCUT2D eigenvalue weighted by Gasteiger charge is 2.44. The molecule has 5 rings (SSSR count). The van der Waals surface area contributed by atoms with Gasteiger partial charge < -0.3 is 15.0 Å². The minimum Gasteiger partial charge on any atom is -0.457 e. The molecule has 1 saturated heterocycles. The molecule has 2 fully saturated rings. The third-order valence-electron chi connectivity index (χ3n) is 6.49. The van der Waals surface area contributed by atoms with Gasteiger partial charge in [0.15, 0.2) is 0 Å². The topological polar surface area (TPSA) is 71.5 Å². The fourth-order valence-electron chi connectivity index (χ4n) is 4.31. The smallest absolute Gasteiger partial charge is 0.416 e. The van der Waals surface area contributed by atoms with Crippen molar-refractivity contribution in [3.63, 3.8) is 0 Å². The van der Waals surface area contributed by atoms with Gasteiger partial charge in [0.25, 0.3) is 5.92 Å². The summed E-state index contributed by atoms with van der Waals surface area (Å²) in [5, 5.41) is 2.68. The zero-order chi connectivity index (χ0) is 28.7. The number of nitrogens with zero attached hydrogens (tertiary/aromatic N) is 2. The summed E-state index contributed by atoms with van der Waals surface area (Å²) < 4.78 is 87.1. The maximum absolute atomic E-state index is 14.8. The number of hydrogen-bond acceptors (Lipinski definition) is 5. The van der Waals surface area contributed by atoms with Crippen LogP contribution in [0.3, 0.4) is 0 Å². The molecule has 0 bridgehead atoms. The van der Waals surface area contributed by atoms with E-state index in [2.05, 4.69) is 10.3 Å². The number of aromatic nitrogens is 1. The Morgan fingerprint density at radius 2 is 1.73 bits per heavy atom. The predicted molar refractivity (Wildman–Crippen MR) is 133 cm³/mol. The molecule has 0 atom stereocenters. The van der Waals surface area contributed by atoms with Crippen molar-refractivity contribution in [2.75, 3.05) is 23.3 Å². The zero-order valence-corrected chi connectivity index (χ0v) is 20.9. The van der Waals surface area contributed by atoms with Crippen molar-refractivity contribution in [1.82, 2.24) is 4.98 Å². The van der Waals surface area contributed by atoms with Crippen molar-refractivity contribution in [3.05, 3.63) is 77.2 Å². The van der Waals surface area contributed by atoms with Crippen LogP contribution >= 0.6 is 0 Å².